The van der Waals surface area contributed by atoms with Gasteiger partial charge in [-0.3, -0.25) is 9.69 Å². The summed E-state index contributed by atoms with van der Waals surface area (Å²) < 4.78 is 0. The zero-order valence-corrected chi connectivity index (χ0v) is 19.8. The zero-order valence-electron chi connectivity index (χ0n) is 16.7. The Hall–Kier alpha value is -1.46. The van der Waals surface area contributed by atoms with Crippen molar-refractivity contribution in [3.05, 3.63) is 63.1 Å². The van der Waals surface area contributed by atoms with Gasteiger partial charge in [0.15, 0.2) is 0 Å². The molecule has 1 amide bonds. The number of carbonyl (C=O) groups excluding carboxylic acids is 1. The molecule has 2 aromatic rings. The number of hydrogen-bond donors (Lipinski definition) is 1. The van der Waals surface area contributed by atoms with Crippen molar-refractivity contribution < 1.29 is 4.79 Å². The topological polar surface area (TPSA) is 44.7 Å². The lowest BCUT2D eigenvalue weighted by atomic mass is 10.0. The van der Waals surface area contributed by atoms with Crippen molar-refractivity contribution in [3.63, 3.8) is 0 Å². The fraction of sp³-hybridized carbons (Fsp3) is 0.364. The van der Waals surface area contributed by atoms with Crippen LogP contribution in [0.4, 0.5) is 5.69 Å². The van der Waals surface area contributed by atoms with E-state index in [4.69, 9.17) is 34.8 Å². The monoisotopic (exact) mass is 483 g/mol. The van der Waals surface area contributed by atoms with Crippen LogP contribution < -0.4 is 5.32 Å². The highest BCUT2D eigenvalue weighted by Gasteiger charge is 2.20. The van der Waals surface area contributed by atoms with E-state index in [1.165, 1.54) is 5.56 Å². The van der Waals surface area contributed by atoms with E-state index in [0.29, 0.717) is 33.2 Å². The summed E-state index contributed by atoms with van der Waals surface area (Å²) in [5.41, 5.74) is 1.84. The van der Waals surface area contributed by atoms with Crippen molar-refractivity contribution >= 4 is 63.8 Å². The average Bonchev–Trinajstić information content (AvgIpc) is 2.74. The number of benzene rings is 2. The van der Waals surface area contributed by atoms with Gasteiger partial charge >= 0.3 is 0 Å². The van der Waals surface area contributed by atoms with Crippen LogP contribution in [0, 0.1) is 0 Å². The second-order valence-corrected chi connectivity index (χ2v) is 8.28. The molecule has 0 saturated carbocycles. The molecule has 1 fully saturated rings. The summed E-state index contributed by atoms with van der Waals surface area (Å²) in [5, 5.41) is 7.11. The van der Waals surface area contributed by atoms with Gasteiger partial charge in [0.1, 0.15) is 0 Å². The Morgan fingerprint density at radius 2 is 1.83 bits per heavy atom. The van der Waals surface area contributed by atoms with Crippen molar-refractivity contribution in [1.82, 2.24) is 10.2 Å². The van der Waals surface area contributed by atoms with Crippen LogP contribution in [0.1, 0.15) is 31.7 Å². The van der Waals surface area contributed by atoms with Gasteiger partial charge in [-0.1, -0.05) is 59.9 Å². The van der Waals surface area contributed by atoms with E-state index in [0.717, 1.165) is 32.5 Å². The maximum absolute atomic E-state index is 11.4. The maximum atomic E-state index is 11.4. The normalized spacial score (nSPS) is 14.3. The molecule has 0 bridgehead atoms. The van der Waals surface area contributed by atoms with Gasteiger partial charge in [-0.2, -0.15) is 4.99 Å². The first kappa shape index (κ1) is 24.8. The molecule has 0 spiro atoms. The van der Waals surface area contributed by atoms with Crippen LogP contribution >= 0.6 is 47.0 Å². The number of isothiocyanates is 1. The van der Waals surface area contributed by atoms with Gasteiger partial charge in [0.2, 0.25) is 5.91 Å². The van der Waals surface area contributed by atoms with Crippen LogP contribution in [0.15, 0.2) is 47.5 Å². The van der Waals surface area contributed by atoms with Crippen LogP contribution in [0.5, 0.6) is 0 Å². The summed E-state index contributed by atoms with van der Waals surface area (Å²) >= 11 is 22.1. The van der Waals surface area contributed by atoms with Gasteiger partial charge in [0.25, 0.3) is 0 Å². The number of rotatable bonds is 5. The van der Waals surface area contributed by atoms with Gasteiger partial charge in [0, 0.05) is 32.1 Å². The Balaban J connectivity index is 0.000000269. The number of thiocarbonyl (C=S) groups is 1. The summed E-state index contributed by atoms with van der Waals surface area (Å²) in [6, 6.07) is 13.3. The molecule has 1 heterocycles. The summed E-state index contributed by atoms with van der Waals surface area (Å²) in [5.74, 6) is 0.146. The van der Waals surface area contributed by atoms with E-state index in [1.807, 2.05) is 37.3 Å². The van der Waals surface area contributed by atoms with Crippen LogP contribution in [-0.2, 0) is 11.3 Å². The van der Waals surface area contributed by atoms with Crippen molar-refractivity contribution in [2.75, 3.05) is 13.1 Å². The predicted molar refractivity (Wildman–Crippen MR) is 129 cm³/mol. The molecule has 1 aliphatic rings. The molecule has 8 heteroatoms. The second-order valence-electron chi connectivity index (χ2n) is 6.87. The Kier molecular flexibility index (Phi) is 10.8. The average molecular weight is 485 g/mol. The number of halogens is 3. The van der Waals surface area contributed by atoms with Crippen LogP contribution in [-0.4, -0.2) is 35.1 Å². The predicted octanol–water partition coefficient (Wildman–Crippen LogP) is 6.56. The highest BCUT2D eigenvalue weighted by Crippen LogP contribution is 2.24. The standard InChI is InChI=1S/C15H20Cl2N2O.C7H4ClNS/c1-2-15(20)18-12-5-7-19(8-6-12)10-11-3-4-13(16)14(17)9-11;8-6-3-1-2-4-7(6)9-5-10/h3-4,9,12H,2,5-8,10H2,1H3,(H,18,20);1-4H. The Bertz CT molecular complexity index is 895. The fourth-order valence-corrected chi connectivity index (χ4v) is 3.65. The first-order valence-corrected chi connectivity index (χ1v) is 11.2. The highest BCUT2D eigenvalue weighted by atomic mass is 35.5. The summed E-state index contributed by atoms with van der Waals surface area (Å²) in [7, 11) is 0. The van der Waals surface area contributed by atoms with Gasteiger partial charge in [0.05, 0.1) is 25.9 Å². The Morgan fingerprint density at radius 3 is 2.43 bits per heavy atom. The fourth-order valence-electron chi connectivity index (χ4n) is 3.05. The largest absolute Gasteiger partial charge is 0.353 e. The number of likely N-dealkylation sites (tertiary alicyclic amines) is 1. The molecule has 1 saturated heterocycles. The van der Waals surface area contributed by atoms with Crippen molar-refractivity contribution in [3.8, 4) is 0 Å². The number of nitrogens with one attached hydrogen (secondary N) is 1. The van der Waals surface area contributed by atoms with Gasteiger partial charge in [-0.05, 0) is 54.9 Å². The summed E-state index contributed by atoms with van der Waals surface area (Å²) in [6.07, 6.45) is 2.57. The van der Waals surface area contributed by atoms with E-state index in [-0.39, 0.29) is 5.91 Å². The van der Waals surface area contributed by atoms with Crippen LogP contribution in [0.3, 0.4) is 0 Å². The third kappa shape index (κ3) is 8.35. The van der Waals surface area contributed by atoms with Crippen molar-refractivity contribution in [2.45, 2.75) is 38.8 Å². The number of aliphatic imine (C=N–C) groups is 1. The minimum atomic E-state index is 0.146. The number of para-hydroxylation sites is 1. The smallest absolute Gasteiger partial charge is 0.219 e. The van der Waals surface area contributed by atoms with Gasteiger partial charge < -0.3 is 5.32 Å². The summed E-state index contributed by atoms with van der Waals surface area (Å²) in [6.45, 7) is 4.75. The minimum absolute atomic E-state index is 0.146. The Morgan fingerprint density at radius 1 is 1.13 bits per heavy atom. The molecule has 0 unspecified atom stereocenters. The summed E-state index contributed by atoms with van der Waals surface area (Å²) in [4.78, 5) is 17.5. The number of nitrogens with zero attached hydrogens (tertiary/aromatic N) is 2. The Labute approximate surface area is 198 Å². The quantitative estimate of drug-likeness (QED) is 0.386. The zero-order chi connectivity index (χ0) is 21.9. The molecule has 0 atom stereocenters. The number of hydrogen-bond acceptors (Lipinski definition) is 4. The molecule has 3 rings (SSSR count). The molecule has 2 aromatic carbocycles. The highest BCUT2D eigenvalue weighted by molar-refractivity contribution is 7.78. The lowest BCUT2D eigenvalue weighted by Gasteiger charge is -2.32. The molecular weight excluding hydrogens is 461 g/mol. The maximum Gasteiger partial charge on any atom is 0.219 e. The first-order valence-electron chi connectivity index (χ1n) is 9.71. The van der Waals surface area contributed by atoms with Crippen LogP contribution in [0.2, 0.25) is 15.1 Å². The second kappa shape index (κ2) is 13.1. The molecule has 160 valence electrons. The number of amides is 1. The van der Waals surface area contributed by atoms with E-state index in [2.05, 4.69) is 32.6 Å². The SMILES string of the molecule is CCC(=O)NC1CCN(Cc2ccc(Cl)c(Cl)c2)CC1.S=C=Nc1ccccc1Cl. The molecule has 0 aliphatic carbocycles. The molecule has 0 radical (unpaired) electrons. The molecule has 30 heavy (non-hydrogen) atoms. The third-order valence-electron chi connectivity index (χ3n) is 4.68. The molecule has 1 aliphatic heterocycles. The molecular formula is C22H24Cl3N3OS. The molecule has 4 nitrogen and oxygen atoms in total. The minimum Gasteiger partial charge on any atom is -0.353 e. The molecule has 0 aromatic heterocycles. The van der Waals surface area contributed by atoms with Crippen molar-refractivity contribution in [1.29, 1.82) is 0 Å². The lowest BCUT2D eigenvalue weighted by molar-refractivity contribution is -0.121. The van der Waals surface area contributed by atoms with Gasteiger partial charge in [-0.15, -0.1) is 0 Å². The third-order valence-corrected chi connectivity index (χ3v) is 5.83. The number of piperidine rings is 1. The van der Waals surface area contributed by atoms with E-state index in [9.17, 15) is 4.79 Å². The van der Waals surface area contributed by atoms with Gasteiger partial charge in [-0.25, -0.2) is 0 Å². The van der Waals surface area contributed by atoms with Crippen molar-refractivity contribution in [2.24, 2.45) is 4.99 Å². The molecule has 1 N–H and O–H groups in total. The van der Waals surface area contributed by atoms with E-state index in [1.54, 1.807) is 12.1 Å². The van der Waals surface area contributed by atoms with Crippen LogP contribution in [0.25, 0.3) is 0 Å². The first-order chi connectivity index (χ1) is 14.4. The van der Waals surface area contributed by atoms with E-state index >= 15 is 0 Å². The number of carbonyl (C=O) groups is 1. The lowest BCUT2D eigenvalue weighted by Crippen LogP contribution is -2.44. The van der Waals surface area contributed by atoms with E-state index < -0.39 is 0 Å².